The molecule has 0 aliphatic heterocycles. The van der Waals surface area contributed by atoms with Gasteiger partial charge in [-0.25, -0.2) is 9.78 Å². The highest BCUT2D eigenvalue weighted by atomic mass is 16.2. The molecule has 144 valence electrons. The van der Waals surface area contributed by atoms with Gasteiger partial charge in [0.25, 0.3) is 5.56 Å². The van der Waals surface area contributed by atoms with Crippen molar-refractivity contribution in [2.45, 2.75) is 20.3 Å². The number of nitrogens with one attached hydrogen (secondary N) is 2. The first-order chi connectivity index (χ1) is 12.5. The summed E-state index contributed by atoms with van der Waals surface area (Å²) >= 11 is 0. The Labute approximate surface area is 152 Å². The number of nitrogens with zero attached hydrogens (tertiary/aromatic N) is 6. The highest BCUT2D eigenvalue weighted by molar-refractivity contribution is 5.69. The Balaban J connectivity index is 1.86. The van der Waals surface area contributed by atoms with Crippen LogP contribution in [0, 0.1) is 0 Å². The second-order valence-electron chi connectivity index (χ2n) is 6.07. The number of aryl methyl sites for hydroxylation is 1. The molecule has 0 aromatic carbocycles. The Bertz CT molecular complexity index is 840. The molecule has 0 atom stereocenters. The molecule has 2 aromatic heterocycles. The van der Waals surface area contributed by atoms with Crippen molar-refractivity contribution in [2.24, 2.45) is 14.1 Å². The monoisotopic (exact) mass is 364 g/mol. The number of likely N-dealkylation sites (N-methyl/N-ethyl adjacent to an activating group) is 1. The van der Waals surface area contributed by atoms with E-state index in [0.29, 0.717) is 6.54 Å². The van der Waals surface area contributed by atoms with Gasteiger partial charge in [-0.3, -0.25) is 13.9 Å². The maximum Gasteiger partial charge on any atom is 0.332 e. The number of fused-ring (bicyclic) bond motifs is 1. The topological polar surface area (TPSA) is 110 Å². The SMILES string of the molecule is CCN(CC)CCNCCCNc1nnc2c(n1)c(=O)n(C)c(=O)n2C. The van der Waals surface area contributed by atoms with E-state index in [2.05, 4.69) is 44.6 Å². The molecule has 0 amide bonds. The molecular weight excluding hydrogens is 336 g/mol. The van der Waals surface area contributed by atoms with Crippen molar-refractivity contribution in [3.05, 3.63) is 20.8 Å². The number of anilines is 1. The van der Waals surface area contributed by atoms with Crippen LogP contribution in [-0.2, 0) is 14.1 Å². The van der Waals surface area contributed by atoms with Gasteiger partial charge in [-0.15, -0.1) is 10.2 Å². The van der Waals surface area contributed by atoms with Crippen LogP contribution in [0.25, 0.3) is 11.2 Å². The Morgan fingerprint density at radius 3 is 2.42 bits per heavy atom. The molecule has 0 bridgehead atoms. The molecule has 0 saturated carbocycles. The standard InChI is InChI=1S/C16H28N8O2/c1-5-24(6-2)11-10-17-8-7-9-18-15-19-12-13(20-21-15)22(3)16(26)23(4)14(12)25/h17H,5-11H2,1-4H3,(H,18,19,21). The molecule has 0 radical (unpaired) electrons. The van der Waals surface area contributed by atoms with E-state index >= 15 is 0 Å². The predicted octanol–water partition coefficient (Wildman–Crippen LogP) is -0.844. The number of hydrogen-bond acceptors (Lipinski definition) is 8. The number of rotatable bonds is 10. The molecule has 2 aromatic rings. The Kier molecular flexibility index (Phi) is 7.22. The lowest BCUT2D eigenvalue weighted by Crippen LogP contribution is -2.38. The molecule has 0 unspecified atom stereocenters. The van der Waals surface area contributed by atoms with Crippen molar-refractivity contribution in [3.63, 3.8) is 0 Å². The maximum absolute atomic E-state index is 12.2. The van der Waals surface area contributed by atoms with E-state index in [1.807, 2.05) is 0 Å². The predicted molar refractivity (Wildman–Crippen MR) is 102 cm³/mol. The molecule has 0 spiro atoms. The molecule has 0 fully saturated rings. The summed E-state index contributed by atoms with van der Waals surface area (Å²) in [6.07, 6.45) is 0.894. The first-order valence-electron chi connectivity index (χ1n) is 8.97. The Morgan fingerprint density at radius 1 is 1.00 bits per heavy atom. The van der Waals surface area contributed by atoms with E-state index < -0.39 is 11.2 Å². The fourth-order valence-corrected chi connectivity index (χ4v) is 2.64. The third-order valence-electron chi connectivity index (χ3n) is 4.38. The summed E-state index contributed by atoms with van der Waals surface area (Å²) in [4.78, 5) is 30.6. The normalized spacial score (nSPS) is 11.4. The molecule has 0 aliphatic rings. The zero-order valence-electron chi connectivity index (χ0n) is 15.9. The minimum absolute atomic E-state index is 0.129. The molecular formula is C16H28N8O2. The van der Waals surface area contributed by atoms with E-state index in [-0.39, 0.29) is 17.1 Å². The first-order valence-corrected chi connectivity index (χ1v) is 8.97. The second kappa shape index (κ2) is 9.39. The molecule has 2 rings (SSSR count). The highest BCUT2D eigenvalue weighted by Gasteiger charge is 2.12. The van der Waals surface area contributed by atoms with Crippen LogP contribution in [0.5, 0.6) is 0 Å². The van der Waals surface area contributed by atoms with E-state index in [4.69, 9.17) is 0 Å². The first kappa shape index (κ1) is 20.0. The van der Waals surface area contributed by atoms with Gasteiger partial charge in [0.1, 0.15) is 0 Å². The molecule has 0 aliphatic carbocycles. The summed E-state index contributed by atoms with van der Waals surface area (Å²) in [5.74, 6) is 0.288. The van der Waals surface area contributed by atoms with Gasteiger partial charge >= 0.3 is 5.69 Å². The molecule has 2 heterocycles. The van der Waals surface area contributed by atoms with Crippen LogP contribution in [-0.4, -0.2) is 68.5 Å². The van der Waals surface area contributed by atoms with Crippen LogP contribution in [0.3, 0.4) is 0 Å². The van der Waals surface area contributed by atoms with Crippen molar-refractivity contribution in [2.75, 3.05) is 44.6 Å². The quantitative estimate of drug-likeness (QED) is 0.525. The van der Waals surface area contributed by atoms with E-state index in [1.54, 1.807) is 0 Å². The van der Waals surface area contributed by atoms with Crippen LogP contribution < -0.4 is 21.9 Å². The Hall–Kier alpha value is -2.33. The zero-order valence-corrected chi connectivity index (χ0v) is 15.9. The van der Waals surface area contributed by atoms with Gasteiger partial charge < -0.3 is 15.5 Å². The van der Waals surface area contributed by atoms with Crippen molar-refractivity contribution >= 4 is 17.1 Å². The summed E-state index contributed by atoms with van der Waals surface area (Å²) < 4.78 is 2.28. The van der Waals surface area contributed by atoms with E-state index in [0.717, 1.165) is 43.7 Å². The lowest BCUT2D eigenvalue weighted by molar-refractivity contribution is 0.302. The van der Waals surface area contributed by atoms with Gasteiger partial charge in [0, 0.05) is 33.7 Å². The van der Waals surface area contributed by atoms with E-state index in [9.17, 15) is 9.59 Å². The van der Waals surface area contributed by atoms with Gasteiger partial charge in [0.15, 0.2) is 11.2 Å². The van der Waals surface area contributed by atoms with Gasteiger partial charge in [0.05, 0.1) is 0 Å². The second-order valence-corrected chi connectivity index (χ2v) is 6.07. The Morgan fingerprint density at radius 2 is 1.73 bits per heavy atom. The highest BCUT2D eigenvalue weighted by Crippen LogP contribution is 2.02. The van der Waals surface area contributed by atoms with Crippen LogP contribution in [0.1, 0.15) is 20.3 Å². The van der Waals surface area contributed by atoms with Gasteiger partial charge in [-0.05, 0) is 26.1 Å². The molecule has 10 nitrogen and oxygen atoms in total. The van der Waals surface area contributed by atoms with Crippen molar-refractivity contribution in [1.29, 1.82) is 0 Å². The number of aromatic nitrogens is 5. The van der Waals surface area contributed by atoms with Crippen LogP contribution in [0.2, 0.25) is 0 Å². The third kappa shape index (κ3) is 4.64. The average molecular weight is 364 g/mol. The van der Waals surface area contributed by atoms with Gasteiger partial charge in [0.2, 0.25) is 5.95 Å². The van der Waals surface area contributed by atoms with E-state index in [1.165, 1.54) is 18.7 Å². The van der Waals surface area contributed by atoms with Gasteiger partial charge in [-0.2, -0.15) is 0 Å². The smallest absolute Gasteiger partial charge is 0.332 e. The molecule has 0 saturated heterocycles. The third-order valence-corrected chi connectivity index (χ3v) is 4.38. The maximum atomic E-state index is 12.2. The summed E-state index contributed by atoms with van der Waals surface area (Å²) in [7, 11) is 2.96. The molecule has 2 N–H and O–H groups in total. The fraction of sp³-hybridized carbons (Fsp3) is 0.688. The van der Waals surface area contributed by atoms with Crippen LogP contribution in [0.15, 0.2) is 9.59 Å². The van der Waals surface area contributed by atoms with Crippen molar-refractivity contribution in [3.8, 4) is 0 Å². The molecule has 26 heavy (non-hydrogen) atoms. The minimum Gasteiger partial charge on any atom is -0.353 e. The molecule has 10 heteroatoms. The number of hydrogen-bond donors (Lipinski definition) is 2. The lowest BCUT2D eigenvalue weighted by atomic mass is 10.4. The summed E-state index contributed by atoms with van der Waals surface area (Å²) in [6.45, 7) is 10.0. The lowest BCUT2D eigenvalue weighted by Gasteiger charge is -2.17. The fourth-order valence-electron chi connectivity index (χ4n) is 2.64. The summed E-state index contributed by atoms with van der Waals surface area (Å²) in [5, 5.41) is 14.4. The van der Waals surface area contributed by atoms with Crippen molar-refractivity contribution in [1.82, 2.24) is 34.5 Å². The van der Waals surface area contributed by atoms with Crippen LogP contribution in [0.4, 0.5) is 5.95 Å². The summed E-state index contributed by atoms with van der Waals surface area (Å²) in [5.41, 5.74) is -0.611. The van der Waals surface area contributed by atoms with Gasteiger partial charge in [-0.1, -0.05) is 13.8 Å². The largest absolute Gasteiger partial charge is 0.353 e. The van der Waals surface area contributed by atoms with Crippen LogP contribution >= 0.6 is 0 Å². The zero-order chi connectivity index (χ0) is 19.1. The van der Waals surface area contributed by atoms with Crippen molar-refractivity contribution < 1.29 is 0 Å². The average Bonchev–Trinajstić information content (AvgIpc) is 2.66. The minimum atomic E-state index is -0.473. The summed E-state index contributed by atoms with van der Waals surface area (Å²) in [6, 6.07) is 0.